The van der Waals surface area contributed by atoms with Gasteiger partial charge in [0.1, 0.15) is 5.75 Å². The summed E-state index contributed by atoms with van der Waals surface area (Å²) in [6.07, 6.45) is 0. The van der Waals surface area contributed by atoms with Crippen molar-refractivity contribution >= 4 is 11.5 Å². The average molecular weight is 269 g/mol. The first-order valence-electron chi connectivity index (χ1n) is 6.58. The summed E-state index contributed by atoms with van der Waals surface area (Å²) in [5.74, 6) is 0.817. The molecule has 0 bridgehead atoms. The molecule has 0 fully saturated rings. The van der Waals surface area contributed by atoms with Crippen LogP contribution in [0.25, 0.3) is 0 Å². The van der Waals surface area contributed by atoms with Crippen LogP contribution in [0.3, 0.4) is 0 Å². The molecule has 0 aliphatic heterocycles. The van der Waals surface area contributed by atoms with Crippen molar-refractivity contribution in [1.82, 2.24) is 0 Å². The molecular weight excluding hydrogens is 250 g/mol. The minimum absolute atomic E-state index is 0.0635. The van der Waals surface area contributed by atoms with E-state index >= 15 is 0 Å². The van der Waals surface area contributed by atoms with Crippen molar-refractivity contribution in [2.75, 3.05) is 19.0 Å². The van der Waals surface area contributed by atoms with Crippen molar-refractivity contribution < 1.29 is 9.53 Å². The van der Waals surface area contributed by atoms with Crippen molar-refractivity contribution in [3.8, 4) is 5.75 Å². The number of hydrogen-bond donors (Lipinski definition) is 1. The third kappa shape index (κ3) is 3.38. The Labute approximate surface area is 119 Å². The summed E-state index contributed by atoms with van der Waals surface area (Å²) in [6.45, 7) is 4.35. The van der Waals surface area contributed by atoms with E-state index in [2.05, 4.69) is 23.5 Å². The third-order valence-electron chi connectivity index (χ3n) is 3.24. The molecule has 20 heavy (non-hydrogen) atoms. The van der Waals surface area contributed by atoms with Crippen molar-refractivity contribution in [3.63, 3.8) is 0 Å². The second kappa shape index (κ2) is 6.24. The van der Waals surface area contributed by atoms with Gasteiger partial charge in [0.15, 0.2) is 5.78 Å². The van der Waals surface area contributed by atoms with Gasteiger partial charge in [-0.2, -0.15) is 0 Å². The van der Waals surface area contributed by atoms with Gasteiger partial charge in [-0.05, 0) is 55.3 Å². The molecule has 2 aromatic rings. The van der Waals surface area contributed by atoms with E-state index in [-0.39, 0.29) is 12.3 Å². The molecule has 2 aromatic carbocycles. The number of aryl methyl sites for hydroxylation is 2. The molecule has 0 aliphatic carbocycles. The molecule has 0 amide bonds. The van der Waals surface area contributed by atoms with E-state index in [1.807, 2.05) is 13.8 Å². The largest absolute Gasteiger partial charge is 0.497 e. The third-order valence-corrected chi connectivity index (χ3v) is 3.24. The number of carbonyl (C=O) groups is 1. The quantitative estimate of drug-likeness (QED) is 0.843. The zero-order chi connectivity index (χ0) is 14.5. The molecule has 2 rings (SSSR count). The van der Waals surface area contributed by atoms with Crippen molar-refractivity contribution in [2.24, 2.45) is 0 Å². The average Bonchev–Trinajstić information content (AvgIpc) is 2.48. The number of benzene rings is 2. The maximum atomic E-state index is 12.1. The van der Waals surface area contributed by atoms with E-state index in [1.54, 1.807) is 31.4 Å². The highest BCUT2D eigenvalue weighted by Crippen LogP contribution is 2.17. The van der Waals surface area contributed by atoms with E-state index in [4.69, 9.17) is 4.74 Å². The van der Waals surface area contributed by atoms with Gasteiger partial charge < -0.3 is 10.1 Å². The number of Topliss-reactive ketones (excluding diaryl/α,β-unsaturated/α-hetero) is 1. The maximum Gasteiger partial charge on any atom is 0.181 e. The lowest BCUT2D eigenvalue weighted by Gasteiger charge is -2.10. The zero-order valence-electron chi connectivity index (χ0n) is 12.1. The summed E-state index contributed by atoms with van der Waals surface area (Å²) in [5.41, 5.74) is 4.00. The lowest BCUT2D eigenvalue weighted by atomic mass is 10.1. The number of nitrogens with one attached hydrogen (secondary N) is 1. The molecule has 3 heteroatoms. The molecule has 0 atom stereocenters. The summed E-state index contributed by atoms with van der Waals surface area (Å²) in [5, 5.41) is 3.20. The summed E-state index contributed by atoms with van der Waals surface area (Å²) in [6, 6.07) is 13.3. The molecule has 0 saturated heterocycles. The molecular formula is C17H19NO2. The Morgan fingerprint density at radius 3 is 2.45 bits per heavy atom. The van der Waals surface area contributed by atoms with Gasteiger partial charge in [0, 0.05) is 11.3 Å². The van der Waals surface area contributed by atoms with E-state index < -0.39 is 0 Å². The Morgan fingerprint density at radius 2 is 1.80 bits per heavy atom. The Hall–Kier alpha value is -2.29. The first-order valence-corrected chi connectivity index (χ1v) is 6.58. The fraction of sp³-hybridized carbons (Fsp3) is 0.235. The lowest BCUT2D eigenvalue weighted by Crippen LogP contribution is -2.14. The zero-order valence-corrected chi connectivity index (χ0v) is 12.1. The van der Waals surface area contributed by atoms with Crippen LogP contribution in [-0.2, 0) is 0 Å². The predicted molar refractivity (Wildman–Crippen MR) is 81.7 cm³/mol. The van der Waals surface area contributed by atoms with Crippen molar-refractivity contribution in [3.05, 3.63) is 59.2 Å². The smallest absolute Gasteiger partial charge is 0.181 e. The van der Waals surface area contributed by atoms with Gasteiger partial charge in [0.2, 0.25) is 0 Å². The Balaban J connectivity index is 2.02. The normalized spacial score (nSPS) is 10.2. The van der Waals surface area contributed by atoms with Gasteiger partial charge >= 0.3 is 0 Å². The van der Waals surface area contributed by atoms with E-state index in [9.17, 15) is 4.79 Å². The summed E-state index contributed by atoms with van der Waals surface area (Å²) < 4.78 is 5.08. The molecule has 0 heterocycles. The summed E-state index contributed by atoms with van der Waals surface area (Å²) in [7, 11) is 1.61. The number of ketones is 1. The lowest BCUT2D eigenvalue weighted by molar-refractivity contribution is 0.101. The SMILES string of the molecule is COc1ccc(C(=O)CNc2cc(C)ccc2C)cc1. The van der Waals surface area contributed by atoms with Crippen LogP contribution in [0.15, 0.2) is 42.5 Å². The highest BCUT2D eigenvalue weighted by atomic mass is 16.5. The number of hydrogen-bond acceptors (Lipinski definition) is 3. The van der Waals surface area contributed by atoms with E-state index in [0.29, 0.717) is 5.56 Å². The fourth-order valence-electron chi connectivity index (χ4n) is 1.98. The standard InChI is InChI=1S/C17H19NO2/c1-12-4-5-13(2)16(10-12)18-11-17(19)14-6-8-15(20-3)9-7-14/h4-10,18H,11H2,1-3H3. The number of rotatable bonds is 5. The predicted octanol–water partition coefficient (Wildman–Crippen LogP) is 3.61. The molecule has 3 nitrogen and oxygen atoms in total. The fourth-order valence-corrected chi connectivity index (χ4v) is 1.98. The van der Waals surface area contributed by atoms with Crippen LogP contribution >= 0.6 is 0 Å². The van der Waals surface area contributed by atoms with Crippen LogP contribution in [-0.4, -0.2) is 19.4 Å². The van der Waals surface area contributed by atoms with Crippen LogP contribution in [0.1, 0.15) is 21.5 Å². The van der Waals surface area contributed by atoms with Gasteiger partial charge in [-0.3, -0.25) is 4.79 Å². The molecule has 1 N–H and O–H groups in total. The van der Waals surface area contributed by atoms with Crippen LogP contribution in [0.4, 0.5) is 5.69 Å². The molecule has 0 unspecified atom stereocenters. The minimum atomic E-state index is 0.0635. The van der Waals surface area contributed by atoms with Gasteiger partial charge in [0.25, 0.3) is 0 Å². The van der Waals surface area contributed by atoms with Crippen LogP contribution in [0.5, 0.6) is 5.75 Å². The van der Waals surface area contributed by atoms with Gasteiger partial charge in [0.05, 0.1) is 13.7 Å². The number of anilines is 1. The number of methoxy groups -OCH3 is 1. The van der Waals surface area contributed by atoms with E-state index in [1.165, 1.54) is 5.56 Å². The van der Waals surface area contributed by atoms with Crippen molar-refractivity contribution in [2.45, 2.75) is 13.8 Å². The second-order valence-electron chi connectivity index (χ2n) is 4.82. The molecule has 0 spiro atoms. The first kappa shape index (κ1) is 14.1. The second-order valence-corrected chi connectivity index (χ2v) is 4.82. The van der Waals surface area contributed by atoms with Gasteiger partial charge in [-0.15, -0.1) is 0 Å². The molecule has 0 saturated carbocycles. The number of ether oxygens (including phenoxy) is 1. The van der Waals surface area contributed by atoms with Crippen LogP contribution < -0.4 is 10.1 Å². The Bertz CT molecular complexity index is 603. The topological polar surface area (TPSA) is 38.3 Å². The molecule has 0 aromatic heterocycles. The van der Waals surface area contributed by atoms with Crippen LogP contribution in [0.2, 0.25) is 0 Å². The highest BCUT2D eigenvalue weighted by Gasteiger charge is 2.06. The van der Waals surface area contributed by atoms with Crippen molar-refractivity contribution in [1.29, 1.82) is 0 Å². The Morgan fingerprint density at radius 1 is 1.10 bits per heavy atom. The van der Waals surface area contributed by atoms with Crippen LogP contribution in [0, 0.1) is 13.8 Å². The maximum absolute atomic E-state index is 12.1. The molecule has 104 valence electrons. The van der Waals surface area contributed by atoms with Gasteiger partial charge in [-0.25, -0.2) is 0 Å². The van der Waals surface area contributed by atoms with Gasteiger partial charge in [-0.1, -0.05) is 12.1 Å². The molecule has 0 aliphatic rings. The summed E-state index contributed by atoms with van der Waals surface area (Å²) in [4.78, 5) is 12.1. The number of carbonyl (C=O) groups excluding carboxylic acids is 1. The Kier molecular flexibility index (Phi) is 4.41. The minimum Gasteiger partial charge on any atom is -0.497 e. The molecule has 0 radical (unpaired) electrons. The summed E-state index contributed by atoms with van der Waals surface area (Å²) >= 11 is 0. The first-order chi connectivity index (χ1) is 9.60. The van der Waals surface area contributed by atoms with E-state index in [0.717, 1.165) is 17.0 Å². The highest BCUT2D eigenvalue weighted by molar-refractivity contribution is 5.99. The monoisotopic (exact) mass is 269 g/mol.